The third kappa shape index (κ3) is 5.69. The SMILES string of the molecule is COC1O[C@@H](c2ccc(Cl)c(Cc3ccc(OC4CCN(C)CC4)cc3)c2)C(O)C(O)C1O. The van der Waals surface area contributed by atoms with Crippen molar-refractivity contribution in [3.8, 4) is 5.75 Å². The summed E-state index contributed by atoms with van der Waals surface area (Å²) in [6.45, 7) is 2.11. The number of aliphatic hydroxyl groups excluding tert-OH is 3. The van der Waals surface area contributed by atoms with E-state index in [1.165, 1.54) is 7.11 Å². The van der Waals surface area contributed by atoms with Crippen LogP contribution in [0, 0.1) is 0 Å². The first-order valence-electron chi connectivity index (χ1n) is 11.3. The number of benzene rings is 2. The second kappa shape index (κ2) is 10.7. The molecule has 2 aromatic carbocycles. The molecule has 2 heterocycles. The molecule has 2 aliphatic rings. The fraction of sp³-hybridized carbons (Fsp3) is 0.520. The van der Waals surface area contributed by atoms with Crippen molar-refractivity contribution >= 4 is 11.6 Å². The maximum atomic E-state index is 10.5. The van der Waals surface area contributed by atoms with Crippen LogP contribution in [0.5, 0.6) is 5.75 Å². The van der Waals surface area contributed by atoms with Gasteiger partial charge in [0.25, 0.3) is 0 Å². The molecule has 3 N–H and O–H groups in total. The van der Waals surface area contributed by atoms with Crippen LogP contribution in [0.2, 0.25) is 5.02 Å². The highest BCUT2D eigenvalue weighted by molar-refractivity contribution is 6.31. The van der Waals surface area contributed by atoms with Crippen molar-refractivity contribution in [3.05, 3.63) is 64.2 Å². The minimum Gasteiger partial charge on any atom is -0.490 e. The van der Waals surface area contributed by atoms with Crippen LogP contribution in [0.1, 0.15) is 35.6 Å². The van der Waals surface area contributed by atoms with Gasteiger partial charge in [0.2, 0.25) is 0 Å². The van der Waals surface area contributed by atoms with Crippen LogP contribution in [0.15, 0.2) is 42.5 Å². The Labute approximate surface area is 199 Å². The molecule has 4 unspecified atom stereocenters. The molecule has 0 aliphatic carbocycles. The lowest BCUT2D eigenvalue weighted by molar-refractivity contribution is -0.292. The number of methoxy groups -OCH3 is 1. The van der Waals surface area contributed by atoms with Gasteiger partial charge in [-0.05, 0) is 61.2 Å². The van der Waals surface area contributed by atoms with Crippen molar-refractivity contribution in [1.82, 2.24) is 4.90 Å². The van der Waals surface area contributed by atoms with Crippen molar-refractivity contribution in [2.45, 2.75) is 56.1 Å². The zero-order valence-electron chi connectivity index (χ0n) is 18.9. The lowest BCUT2D eigenvalue weighted by Gasteiger charge is -2.40. The minimum atomic E-state index is -1.38. The van der Waals surface area contributed by atoms with Crippen molar-refractivity contribution in [1.29, 1.82) is 0 Å². The molecule has 0 aromatic heterocycles. The Morgan fingerprint density at radius 1 is 1.00 bits per heavy atom. The monoisotopic (exact) mass is 477 g/mol. The number of hydrogen-bond donors (Lipinski definition) is 3. The first kappa shape index (κ1) is 24.4. The van der Waals surface area contributed by atoms with Gasteiger partial charge in [-0.1, -0.05) is 35.9 Å². The highest BCUT2D eigenvalue weighted by atomic mass is 35.5. The molecule has 2 fully saturated rings. The largest absolute Gasteiger partial charge is 0.490 e. The van der Waals surface area contributed by atoms with E-state index in [1.807, 2.05) is 30.3 Å². The lowest BCUT2D eigenvalue weighted by atomic mass is 9.92. The average Bonchev–Trinajstić information content (AvgIpc) is 2.82. The summed E-state index contributed by atoms with van der Waals surface area (Å²) in [5.41, 5.74) is 2.58. The van der Waals surface area contributed by atoms with Crippen LogP contribution in [0.25, 0.3) is 0 Å². The highest BCUT2D eigenvalue weighted by Crippen LogP contribution is 2.34. The van der Waals surface area contributed by atoms with Gasteiger partial charge in [0.1, 0.15) is 36.3 Å². The quantitative estimate of drug-likeness (QED) is 0.588. The van der Waals surface area contributed by atoms with E-state index < -0.39 is 30.7 Å². The summed E-state index contributed by atoms with van der Waals surface area (Å²) in [7, 11) is 3.51. The standard InChI is InChI=1S/C25H32ClNO6/c1-27-11-9-19(10-12-27)32-18-6-3-15(4-7-18)13-17-14-16(5-8-20(17)26)24-22(29)21(28)23(30)25(31-2)33-24/h3-8,14,19,21-25,28-30H,9-13H2,1-2H3/t21?,22?,23?,24-,25?/m0/s1. The molecule has 2 aromatic rings. The van der Waals surface area contributed by atoms with E-state index in [2.05, 4.69) is 11.9 Å². The molecule has 0 radical (unpaired) electrons. The van der Waals surface area contributed by atoms with Crippen molar-refractivity contribution in [2.24, 2.45) is 0 Å². The molecule has 180 valence electrons. The maximum Gasteiger partial charge on any atom is 0.186 e. The van der Waals surface area contributed by atoms with E-state index in [-0.39, 0.29) is 6.10 Å². The second-order valence-corrected chi connectivity index (χ2v) is 9.33. The molecule has 0 bridgehead atoms. The van der Waals surface area contributed by atoms with Gasteiger partial charge in [-0.3, -0.25) is 0 Å². The van der Waals surface area contributed by atoms with Gasteiger partial charge >= 0.3 is 0 Å². The van der Waals surface area contributed by atoms with Gasteiger partial charge in [0, 0.05) is 25.2 Å². The van der Waals surface area contributed by atoms with E-state index in [0.29, 0.717) is 17.0 Å². The Hall–Kier alpha value is -1.71. The van der Waals surface area contributed by atoms with E-state index in [0.717, 1.165) is 42.8 Å². The molecular weight excluding hydrogens is 446 g/mol. The number of likely N-dealkylation sites (tertiary alicyclic amines) is 1. The topological polar surface area (TPSA) is 91.6 Å². The Morgan fingerprint density at radius 2 is 1.70 bits per heavy atom. The highest BCUT2D eigenvalue weighted by Gasteiger charge is 2.44. The average molecular weight is 478 g/mol. The fourth-order valence-corrected chi connectivity index (χ4v) is 4.61. The zero-order valence-corrected chi connectivity index (χ0v) is 19.7. The first-order chi connectivity index (χ1) is 15.9. The van der Waals surface area contributed by atoms with E-state index in [4.69, 9.17) is 25.8 Å². The summed E-state index contributed by atoms with van der Waals surface area (Å²) >= 11 is 6.46. The number of nitrogens with zero attached hydrogens (tertiary/aromatic N) is 1. The normalized spacial score (nSPS) is 29.2. The summed E-state index contributed by atoms with van der Waals surface area (Å²) in [6, 6.07) is 13.4. The van der Waals surface area contributed by atoms with Gasteiger partial charge in [-0.15, -0.1) is 0 Å². The molecule has 7 nitrogen and oxygen atoms in total. The van der Waals surface area contributed by atoms with E-state index in [1.54, 1.807) is 12.1 Å². The van der Waals surface area contributed by atoms with Crippen LogP contribution >= 0.6 is 11.6 Å². The lowest BCUT2D eigenvalue weighted by Crippen LogP contribution is -2.54. The van der Waals surface area contributed by atoms with Crippen molar-refractivity contribution in [3.63, 3.8) is 0 Å². The minimum absolute atomic E-state index is 0.255. The Balaban J connectivity index is 1.45. The number of rotatable bonds is 6. The molecule has 0 spiro atoms. The predicted octanol–water partition coefficient (Wildman–Crippen LogP) is 2.53. The summed E-state index contributed by atoms with van der Waals surface area (Å²) in [5, 5.41) is 31.3. The van der Waals surface area contributed by atoms with Gasteiger partial charge < -0.3 is 34.4 Å². The van der Waals surface area contributed by atoms with Crippen molar-refractivity contribution < 1.29 is 29.5 Å². The second-order valence-electron chi connectivity index (χ2n) is 8.92. The first-order valence-corrected chi connectivity index (χ1v) is 11.7. The number of hydrogen-bond acceptors (Lipinski definition) is 7. The third-order valence-electron chi connectivity index (χ3n) is 6.49. The predicted molar refractivity (Wildman–Crippen MR) is 124 cm³/mol. The molecule has 0 amide bonds. The van der Waals surface area contributed by atoms with Gasteiger partial charge in [0.05, 0.1) is 0 Å². The third-order valence-corrected chi connectivity index (χ3v) is 6.86. The number of aliphatic hydroxyl groups is 3. The Morgan fingerprint density at radius 3 is 2.36 bits per heavy atom. The fourth-order valence-electron chi connectivity index (χ4n) is 4.43. The van der Waals surface area contributed by atoms with E-state index >= 15 is 0 Å². The van der Waals surface area contributed by atoms with Crippen LogP contribution in [-0.4, -0.2) is 78.2 Å². The van der Waals surface area contributed by atoms with Crippen LogP contribution < -0.4 is 4.74 Å². The van der Waals surface area contributed by atoms with Gasteiger partial charge in [-0.2, -0.15) is 0 Å². The number of ether oxygens (including phenoxy) is 3. The van der Waals surface area contributed by atoms with E-state index in [9.17, 15) is 15.3 Å². The molecule has 8 heteroatoms. The van der Waals surface area contributed by atoms with Gasteiger partial charge in [0.15, 0.2) is 6.29 Å². The Kier molecular flexibility index (Phi) is 7.91. The summed E-state index contributed by atoms with van der Waals surface area (Å²) in [6.07, 6.45) is -2.99. The smallest absolute Gasteiger partial charge is 0.186 e. The summed E-state index contributed by atoms with van der Waals surface area (Å²) < 4.78 is 17.0. The van der Waals surface area contributed by atoms with Crippen molar-refractivity contribution in [2.75, 3.05) is 27.2 Å². The Bertz CT molecular complexity index is 916. The zero-order chi connectivity index (χ0) is 23.5. The molecule has 2 aliphatic heterocycles. The number of halogens is 1. The van der Waals surface area contributed by atoms with Crippen LogP contribution in [0.4, 0.5) is 0 Å². The van der Waals surface area contributed by atoms with Crippen LogP contribution in [-0.2, 0) is 15.9 Å². The molecule has 2 saturated heterocycles. The number of piperidine rings is 1. The summed E-state index contributed by atoms with van der Waals surface area (Å²) in [5.74, 6) is 0.866. The maximum absolute atomic E-state index is 10.5. The summed E-state index contributed by atoms with van der Waals surface area (Å²) in [4.78, 5) is 2.32. The van der Waals surface area contributed by atoms with Gasteiger partial charge in [-0.25, -0.2) is 0 Å². The molecule has 33 heavy (non-hydrogen) atoms. The molecule has 5 atom stereocenters. The molecule has 4 rings (SSSR count). The molecular formula is C25H32ClNO6. The van der Waals surface area contributed by atoms with Crippen LogP contribution in [0.3, 0.4) is 0 Å². The molecule has 0 saturated carbocycles.